The molecule has 0 aromatic rings. The summed E-state index contributed by atoms with van der Waals surface area (Å²) in [7, 11) is 0. The van der Waals surface area contributed by atoms with E-state index in [1.54, 1.807) is 0 Å². The third-order valence-electron chi connectivity index (χ3n) is 2.33. The predicted octanol–water partition coefficient (Wildman–Crippen LogP) is 2.78. The Kier molecular flexibility index (Phi) is 8.38. The van der Waals surface area contributed by atoms with Gasteiger partial charge in [-0.2, -0.15) is 0 Å². The largest absolute Gasteiger partial charge is 0.460 e. The summed E-state index contributed by atoms with van der Waals surface area (Å²) in [6.45, 7) is 9.10. The van der Waals surface area contributed by atoms with Crippen LogP contribution in [0.2, 0.25) is 0 Å². The molecule has 15 heavy (non-hydrogen) atoms. The molecule has 0 saturated carbocycles. The molecule has 0 aliphatic rings. The Labute approximate surface area is 93.1 Å². The first-order valence-corrected chi connectivity index (χ1v) is 5.90. The van der Waals surface area contributed by atoms with Gasteiger partial charge in [-0.1, -0.05) is 27.2 Å². The summed E-state index contributed by atoms with van der Waals surface area (Å²) in [5, 5.41) is 0. The van der Waals surface area contributed by atoms with E-state index in [2.05, 4.69) is 6.92 Å². The molecule has 0 aliphatic heterocycles. The van der Waals surface area contributed by atoms with Crippen LogP contribution in [0.5, 0.6) is 0 Å². The van der Waals surface area contributed by atoms with Crippen LogP contribution in [-0.4, -0.2) is 25.3 Å². The fraction of sp³-hybridized carbons (Fsp3) is 0.917. The number of carbonyl (C=O) groups excluding carboxylic acids is 1. The fourth-order valence-electron chi connectivity index (χ4n) is 1.01. The van der Waals surface area contributed by atoms with Gasteiger partial charge in [-0.3, -0.25) is 4.79 Å². The molecule has 0 rings (SSSR count). The summed E-state index contributed by atoms with van der Waals surface area (Å²) in [6, 6.07) is 0. The molecule has 0 bridgehead atoms. The topological polar surface area (TPSA) is 35.5 Å². The van der Waals surface area contributed by atoms with Crippen molar-refractivity contribution in [2.24, 2.45) is 5.92 Å². The lowest BCUT2D eigenvalue weighted by atomic mass is 10.1. The molecule has 3 heteroatoms. The molecule has 0 N–H and O–H groups in total. The third-order valence-corrected chi connectivity index (χ3v) is 2.33. The Balaban J connectivity index is 3.55. The number of unbranched alkanes of at least 4 members (excludes halogenated alkanes) is 1. The summed E-state index contributed by atoms with van der Waals surface area (Å²) >= 11 is 0. The number of hydrogen-bond acceptors (Lipinski definition) is 3. The zero-order chi connectivity index (χ0) is 11.7. The van der Waals surface area contributed by atoms with E-state index in [0.29, 0.717) is 6.61 Å². The Hall–Kier alpha value is -0.570. The van der Waals surface area contributed by atoms with E-state index in [0.717, 1.165) is 25.9 Å². The Bertz CT molecular complexity index is 168. The normalized spacial score (nSPS) is 14.7. The van der Waals surface area contributed by atoms with Gasteiger partial charge in [0.05, 0.1) is 12.5 Å². The highest BCUT2D eigenvalue weighted by Crippen LogP contribution is 2.06. The summed E-state index contributed by atoms with van der Waals surface area (Å²) in [5.74, 6) is -0.132. The average molecular weight is 216 g/mol. The number of hydrogen-bond donors (Lipinski definition) is 0. The second-order valence-electron chi connectivity index (χ2n) is 3.99. The molecule has 0 heterocycles. The van der Waals surface area contributed by atoms with Gasteiger partial charge in [0.15, 0.2) is 0 Å². The minimum Gasteiger partial charge on any atom is -0.460 e. The Morgan fingerprint density at radius 1 is 1.27 bits per heavy atom. The monoisotopic (exact) mass is 216 g/mol. The lowest BCUT2D eigenvalue weighted by molar-refractivity contribution is -0.155. The molecule has 90 valence electrons. The smallest absolute Gasteiger partial charge is 0.308 e. The minimum absolute atomic E-state index is 0.0110. The number of carbonyl (C=O) groups is 1. The van der Waals surface area contributed by atoms with Gasteiger partial charge in [0, 0.05) is 6.61 Å². The van der Waals surface area contributed by atoms with Crippen molar-refractivity contribution in [2.45, 2.75) is 53.1 Å². The van der Waals surface area contributed by atoms with Gasteiger partial charge in [-0.05, 0) is 19.8 Å². The van der Waals surface area contributed by atoms with Crippen LogP contribution in [0.1, 0.15) is 47.0 Å². The van der Waals surface area contributed by atoms with Crippen molar-refractivity contribution in [1.82, 2.24) is 0 Å². The van der Waals surface area contributed by atoms with Gasteiger partial charge in [-0.25, -0.2) is 0 Å². The standard InChI is InChI=1S/C12H24O3/c1-5-7-8-14-9-11(4)15-12(13)10(3)6-2/h10-11H,5-9H2,1-4H3. The van der Waals surface area contributed by atoms with Crippen LogP contribution < -0.4 is 0 Å². The molecule has 3 nitrogen and oxygen atoms in total. The number of rotatable bonds is 8. The van der Waals surface area contributed by atoms with Gasteiger partial charge < -0.3 is 9.47 Å². The molecule has 0 amide bonds. The average Bonchev–Trinajstić information content (AvgIpc) is 2.23. The second kappa shape index (κ2) is 8.72. The van der Waals surface area contributed by atoms with Gasteiger partial charge in [0.25, 0.3) is 0 Å². The van der Waals surface area contributed by atoms with Crippen LogP contribution in [0.4, 0.5) is 0 Å². The van der Waals surface area contributed by atoms with Crippen LogP contribution in [0, 0.1) is 5.92 Å². The van der Waals surface area contributed by atoms with Gasteiger partial charge >= 0.3 is 5.97 Å². The first-order chi connectivity index (χ1) is 7.11. The van der Waals surface area contributed by atoms with Crippen LogP contribution in [-0.2, 0) is 14.3 Å². The van der Waals surface area contributed by atoms with Crippen LogP contribution in [0.25, 0.3) is 0 Å². The van der Waals surface area contributed by atoms with Crippen molar-refractivity contribution >= 4 is 5.97 Å². The molecule has 0 aliphatic carbocycles. The molecule has 0 aromatic carbocycles. The van der Waals surface area contributed by atoms with Crippen LogP contribution >= 0.6 is 0 Å². The van der Waals surface area contributed by atoms with E-state index < -0.39 is 0 Å². The lowest BCUT2D eigenvalue weighted by Gasteiger charge is -2.16. The highest BCUT2D eigenvalue weighted by atomic mass is 16.6. The van der Waals surface area contributed by atoms with Gasteiger partial charge in [0.1, 0.15) is 6.10 Å². The first kappa shape index (κ1) is 14.4. The highest BCUT2D eigenvalue weighted by Gasteiger charge is 2.15. The Morgan fingerprint density at radius 3 is 2.47 bits per heavy atom. The molecule has 0 aromatic heterocycles. The van der Waals surface area contributed by atoms with Crippen LogP contribution in [0.3, 0.4) is 0 Å². The van der Waals surface area contributed by atoms with Crippen LogP contribution in [0.15, 0.2) is 0 Å². The summed E-state index contributed by atoms with van der Waals surface area (Å²) in [5.41, 5.74) is 0. The number of esters is 1. The first-order valence-electron chi connectivity index (χ1n) is 5.90. The van der Waals surface area contributed by atoms with Crippen molar-refractivity contribution in [3.8, 4) is 0 Å². The van der Waals surface area contributed by atoms with Crippen molar-refractivity contribution in [2.75, 3.05) is 13.2 Å². The van der Waals surface area contributed by atoms with E-state index in [4.69, 9.17) is 9.47 Å². The van der Waals surface area contributed by atoms with E-state index >= 15 is 0 Å². The van der Waals surface area contributed by atoms with E-state index in [-0.39, 0.29) is 18.0 Å². The van der Waals surface area contributed by atoms with Crippen molar-refractivity contribution in [3.05, 3.63) is 0 Å². The van der Waals surface area contributed by atoms with E-state index in [1.807, 2.05) is 20.8 Å². The zero-order valence-electron chi connectivity index (χ0n) is 10.4. The summed E-state index contributed by atoms with van der Waals surface area (Å²) < 4.78 is 10.6. The maximum absolute atomic E-state index is 11.4. The SMILES string of the molecule is CCCCOCC(C)OC(=O)C(C)CC. The molecule has 2 unspecified atom stereocenters. The Morgan fingerprint density at radius 2 is 1.93 bits per heavy atom. The molecule has 0 fully saturated rings. The van der Waals surface area contributed by atoms with Gasteiger partial charge in [0.2, 0.25) is 0 Å². The minimum atomic E-state index is -0.136. The molecular weight excluding hydrogens is 192 g/mol. The lowest BCUT2D eigenvalue weighted by Crippen LogP contribution is -2.24. The predicted molar refractivity (Wildman–Crippen MR) is 60.7 cm³/mol. The van der Waals surface area contributed by atoms with Gasteiger partial charge in [-0.15, -0.1) is 0 Å². The van der Waals surface area contributed by atoms with E-state index in [1.165, 1.54) is 0 Å². The third kappa shape index (κ3) is 7.37. The molecule has 2 atom stereocenters. The van der Waals surface area contributed by atoms with Crippen molar-refractivity contribution in [1.29, 1.82) is 0 Å². The molecule has 0 spiro atoms. The zero-order valence-corrected chi connectivity index (χ0v) is 10.4. The molecule has 0 saturated heterocycles. The second-order valence-corrected chi connectivity index (χ2v) is 3.99. The highest BCUT2D eigenvalue weighted by molar-refractivity contribution is 5.72. The number of ether oxygens (including phenoxy) is 2. The summed E-state index contributed by atoms with van der Waals surface area (Å²) in [6.07, 6.45) is 2.87. The quantitative estimate of drug-likeness (QED) is 0.462. The maximum Gasteiger partial charge on any atom is 0.308 e. The maximum atomic E-state index is 11.4. The van der Waals surface area contributed by atoms with E-state index in [9.17, 15) is 4.79 Å². The van der Waals surface area contributed by atoms with Crippen molar-refractivity contribution < 1.29 is 14.3 Å². The van der Waals surface area contributed by atoms with Crippen molar-refractivity contribution in [3.63, 3.8) is 0 Å². The fourth-order valence-corrected chi connectivity index (χ4v) is 1.01. The summed E-state index contributed by atoms with van der Waals surface area (Å²) in [4.78, 5) is 11.4. The molecule has 0 radical (unpaired) electrons. The molecular formula is C12H24O3.